The lowest BCUT2D eigenvalue weighted by Gasteiger charge is -2.30. The highest BCUT2D eigenvalue weighted by atomic mass is 16.3. The average molecular weight is 487 g/mol. The van der Waals surface area contributed by atoms with E-state index >= 15 is 0 Å². The molecule has 0 saturated carbocycles. The van der Waals surface area contributed by atoms with E-state index in [0.29, 0.717) is 0 Å². The molecule has 184 valence electrons. The Balaban J connectivity index is 1.72. The largest absolute Gasteiger partial charge is 0.506 e. The number of phenols is 2. The lowest BCUT2D eigenvalue weighted by Crippen LogP contribution is -2.43. The molecule has 0 bridgehead atoms. The van der Waals surface area contributed by atoms with Crippen LogP contribution < -0.4 is 0 Å². The number of phenolic OH excluding ortho intramolecular Hbond substituents is 2. The van der Waals surface area contributed by atoms with Gasteiger partial charge in [0.05, 0.1) is 22.3 Å². The van der Waals surface area contributed by atoms with E-state index in [9.17, 15) is 34.8 Å². The van der Waals surface area contributed by atoms with Crippen LogP contribution >= 0.6 is 0 Å². The van der Waals surface area contributed by atoms with Gasteiger partial charge in [0, 0.05) is 11.8 Å². The summed E-state index contributed by atoms with van der Waals surface area (Å²) in [4.78, 5) is 39.7. The van der Waals surface area contributed by atoms with Gasteiger partial charge in [-0.2, -0.15) is 0 Å². The van der Waals surface area contributed by atoms with Crippen molar-refractivity contribution in [3.05, 3.63) is 107 Å². The van der Waals surface area contributed by atoms with Crippen molar-refractivity contribution >= 4 is 17.3 Å². The minimum atomic E-state index is -1.91. The molecule has 0 radical (unpaired) electrons. The van der Waals surface area contributed by atoms with Crippen LogP contribution in [0.2, 0.25) is 0 Å². The van der Waals surface area contributed by atoms with E-state index in [4.69, 9.17) is 0 Å². The van der Waals surface area contributed by atoms with Crippen LogP contribution in [-0.2, 0) is 0 Å². The SMILES string of the molecule is CC1C=CC=CC1(O)C(=O)c1cccc(C(=O)c2cccc(C(=O)C3(O)C=CC=CC3C)c2O)c1O. The van der Waals surface area contributed by atoms with Crippen LogP contribution in [0.25, 0.3) is 0 Å². The smallest absolute Gasteiger partial charge is 0.202 e. The van der Waals surface area contributed by atoms with Crippen LogP contribution in [0.4, 0.5) is 0 Å². The van der Waals surface area contributed by atoms with Gasteiger partial charge in [0.2, 0.25) is 17.3 Å². The molecule has 4 N–H and O–H groups in total. The average Bonchev–Trinajstić information content (AvgIpc) is 2.87. The molecule has 0 spiro atoms. The number of carbonyl (C=O) groups excluding carboxylic acids is 3. The number of aliphatic hydroxyl groups is 2. The van der Waals surface area contributed by atoms with Crippen molar-refractivity contribution < 1.29 is 34.8 Å². The molecule has 7 nitrogen and oxygen atoms in total. The molecular formula is C29H26O7. The first-order valence-electron chi connectivity index (χ1n) is 11.5. The fourth-order valence-electron chi connectivity index (χ4n) is 4.42. The van der Waals surface area contributed by atoms with Crippen molar-refractivity contribution in [2.24, 2.45) is 11.8 Å². The highest BCUT2D eigenvalue weighted by molar-refractivity contribution is 6.17. The third-order valence-electron chi connectivity index (χ3n) is 6.89. The predicted molar refractivity (Wildman–Crippen MR) is 133 cm³/mol. The number of carbonyl (C=O) groups is 3. The maximum absolute atomic E-state index is 13.4. The van der Waals surface area contributed by atoms with E-state index in [0.717, 1.165) is 0 Å². The van der Waals surface area contributed by atoms with E-state index in [-0.39, 0.29) is 22.3 Å². The normalized spacial score (nSPS) is 26.7. The van der Waals surface area contributed by atoms with Gasteiger partial charge >= 0.3 is 0 Å². The third kappa shape index (κ3) is 3.92. The summed E-state index contributed by atoms with van der Waals surface area (Å²) in [6.45, 7) is 3.30. The van der Waals surface area contributed by atoms with Gasteiger partial charge < -0.3 is 20.4 Å². The molecule has 4 rings (SSSR count). The summed E-state index contributed by atoms with van der Waals surface area (Å²) in [6, 6.07) is 7.90. The molecule has 2 aliphatic carbocycles. The molecule has 0 saturated heterocycles. The lowest BCUT2D eigenvalue weighted by molar-refractivity contribution is 0.0377. The van der Waals surface area contributed by atoms with Crippen LogP contribution in [0.3, 0.4) is 0 Å². The maximum atomic E-state index is 13.4. The Bertz CT molecular complexity index is 1280. The van der Waals surface area contributed by atoms with Gasteiger partial charge in [0.1, 0.15) is 11.5 Å². The summed E-state index contributed by atoms with van der Waals surface area (Å²) in [5.41, 5.74) is -4.92. The lowest BCUT2D eigenvalue weighted by atomic mass is 9.78. The quantitative estimate of drug-likeness (QED) is 0.458. The number of aromatic hydroxyl groups is 2. The molecule has 2 aliphatic rings. The summed E-state index contributed by atoms with van der Waals surface area (Å²) in [5.74, 6) is -4.87. The number of rotatable bonds is 6. The first kappa shape index (κ1) is 25.0. The number of allylic oxidation sites excluding steroid dienone is 4. The second kappa shape index (κ2) is 9.18. The van der Waals surface area contributed by atoms with Gasteiger partial charge in [0.25, 0.3) is 0 Å². The number of ketones is 3. The van der Waals surface area contributed by atoms with Crippen LogP contribution in [0.5, 0.6) is 11.5 Å². The van der Waals surface area contributed by atoms with E-state index < -0.39 is 51.9 Å². The zero-order chi connectivity index (χ0) is 26.3. The van der Waals surface area contributed by atoms with Gasteiger partial charge in [-0.15, -0.1) is 0 Å². The number of Topliss-reactive ketones (excluding diaryl/α,β-unsaturated/α-hetero) is 2. The van der Waals surface area contributed by atoms with Gasteiger partial charge in [-0.25, -0.2) is 0 Å². The second-order valence-electron chi connectivity index (χ2n) is 9.11. The van der Waals surface area contributed by atoms with Crippen LogP contribution in [0.1, 0.15) is 50.5 Å². The van der Waals surface area contributed by atoms with Gasteiger partial charge in [-0.1, -0.05) is 62.4 Å². The Morgan fingerprint density at radius 1 is 0.639 bits per heavy atom. The first-order chi connectivity index (χ1) is 17.0. The van der Waals surface area contributed by atoms with Gasteiger partial charge in [0.15, 0.2) is 11.2 Å². The molecule has 4 atom stereocenters. The minimum Gasteiger partial charge on any atom is -0.506 e. The molecule has 2 aromatic carbocycles. The minimum absolute atomic E-state index is 0.260. The Morgan fingerprint density at radius 3 is 1.36 bits per heavy atom. The zero-order valence-corrected chi connectivity index (χ0v) is 19.8. The molecule has 7 heteroatoms. The maximum Gasteiger partial charge on any atom is 0.202 e. The Hall–Kier alpha value is -4.07. The topological polar surface area (TPSA) is 132 Å². The van der Waals surface area contributed by atoms with Crippen molar-refractivity contribution in [2.75, 3.05) is 0 Å². The molecule has 0 amide bonds. The van der Waals surface area contributed by atoms with Crippen LogP contribution in [-0.4, -0.2) is 49.0 Å². The van der Waals surface area contributed by atoms with Crippen molar-refractivity contribution in [1.29, 1.82) is 0 Å². The van der Waals surface area contributed by atoms with E-state index in [2.05, 4.69) is 0 Å². The van der Waals surface area contributed by atoms with Crippen molar-refractivity contribution in [3.63, 3.8) is 0 Å². The fraction of sp³-hybridized carbons (Fsp3) is 0.207. The summed E-state index contributed by atoms with van der Waals surface area (Å²) >= 11 is 0. The standard InChI is InChI=1S/C29H26O7/c1-17-9-3-5-15-28(17,35)26(33)21-13-7-11-19(24(21)31)23(30)20-12-8-14-22(25(20)32)27(34)29(36)16-6-4-10-18(29)2/h3-18,31-32,35-36H,1-2H3. The summed E-state index contributed by atoms with van der Waals surface area (Å²) < 4.78 is 0. The number of para-hydroxylation sites is 2. The number of hydrogen-bond donors (Lipinski definition) is 4. The molecule has 4 unspecified atom stereocenters. The van der Waals surface area contributed by atoms with Crippen molar-refractivity contribution in [3.8, 4) is 11.5 Å². The number of benzene rings is 2. The Kier molecular flexibility index (Phi) is 6.39. The van der Waals surface area contributed by atoms with Crippen LogP contribution in [0, 0.1) is 11.8 Å². The number of hydrogen-bond acceptors (Lipinski definition) is 7. The van der Waals surface area contributed by atoms with Crippen molar-refractivity contribution in [1.82, 2.24) is 0 Å². The summed E-state index contributed by atoms with van der Waals surface area (Å²) in [5, 5.41) is 43.6. The first-order valence-corrected chi connectivity index (χ1v) is 11.5. The molecule has 0 aliphatic heterocycles. The molecular weight excluding hydrogens is 460 g/mol. The fourth-order valence-corrected chi connectivity index (χ4v) is 4.42. The van der Waals surface area contributed by atoms with Gasteiger partial charge in [-0.3, -0.25) is 14.4 Å². The second-order valence-corrected chi connectivity index (χ2v) is 9.11. The molecule has 0 fully saturated rings. The summed E-state index contributed by atoms with van der Waals surface area (Å²) in [7, 11) is 0. The van der Waals surface area contributed by atoms with Gasteiger partial charge in [-0.05, 0) is 36.4 Å². The highest BCUT2D eigenvalue weighted by Gasteiger charge is 2.42. The van der Waals surface area contributed by atoms with E-state index in [1.807, 2.05) is 0 Å². The van der Waals surface area contributed by atoms with E-state index in [1.165, 1.54) is 60.7 Å². The monoisotopic (exact) mass is 486 g/mol. The van der Waals surface area contributed by atoms with E-state index in [1.54, 1.807) is 38.2 Å². The highest BCUT2D eigenvalue weighted by Crippen LogP contribution is 2.36. The molecule has 36 heavy (non-hydrogen) atoms. The Morgan fingerprint density at radius 2 is 1.00 bits per heavy atom. The Labute approximate surface area is 208 Å². The van der Waals surface area contributed by atoms with Crippen LogP contribution in [0.15, 0.2) is 85.0 Å². The zero-order valence-electron chi connectivity index (χ0n) is 19.8. The molecule has 0 heterocycles. The molecule has 2 aromatic rings. The van der Waals surface area contributed by atoms with Crippen molar-refractivity contribution in [2.45, 2.75) is 25.0 Å². The predicted octanol–water partition coefficient (Wildman–Crippen LogP) is 3.68. The molecule has 0 aromatic heterocycles. The third-order valence-corrected chi connectivity index (χ3v) is 6.89. The summed E-state index contributed by atoms with van der Waals surface area (Å²) in [6.07, 6.45) is 12.4.